The van der Waals surface area contributed by atoms with E-state index >= 15 is 0 Å². The third-order valence-electron chi connectivity index (χ3n) is 2.71. The molecule has 0 saturated heterocycles. The Morgan fingerprint density at radius 3 is 2.68 bits per heavy atom. The summed E-state index contributed by atoms with van der Waals surface area (Å²) in [5.41, 5.74) is 7.40. The maximum Gasteiger partial charge on any atom is 0.337 e. The summed E-state index contributed by atoms with van der Waals surface area (Å²) in [6, 6.07) is 11.5. The molecule has 0 amide bonds. The zero-order valence-electron chi connectivity index (χ0n) is 10.3. The highest BCUT2D eigenvalue weighted by Crippen LogP contribution is 2.16. The summed E-state index contributed by atoms with van der Waals surface area (Å²) in [7, 11) is 0. The molecule has 5 heteroatoms. The molecule has 2 aromatic rings. The van der Waals surface area contributed by atoms with Crippen LogP contribution in [-0.2, 0) is 6.42 Å². The lowest BCUT2D eigenvalue weighted by molar-refractivity contribution is 0.0696. The standard InChI is InChI=1S/C14H15N3O2/c15-12-8-11(14(18)19)9-17-13(12)16-7-6-10-4-2-1-3-5-10/h1-5,8-9H,6-7,15H2,(H,16,17)(H,18,19). The summed E-state index contributed by atoms with van der Waals surface area (Å²) in [6.07, 6.45) is 2.15. The summed E-state index contributed by atoms with van der Waals surface area (Å²) in [5.74, 6) is -0.518. The average Bonchev–Trinajstić information content (AvgIpc) is 2.41. The number of anilines is 2. The molecule has 0 spiro atoms. The van der Waals surface area contributed by atoms with Crippen molar-refractivity contribution in [2.45, 2.75) is 6.42 Å². The summed E-state index contributed by atoms with van der Waals surface area (Å²) in [6.45, 7) is 0.688. The minimum absolute atomic E-state index is 0.0890. The fourth-order valence-electron chi connectivity index (χ4n) is 1.72. The first-order valence-electron chi connectivity index (χ1n) is 5.93. The largest absolute Gasteiger partial charge is 0.478 e. The van der Waals surface area contributed by atoms with E-state index in [0.717, 1.165) is 6.42 Å². The number of hydrogen-bond donors (Lipinski definition) is 3. The van der Waals surface area contributed by atoms with E-state index < -0.39 is 5.97 Å². The minimum atomic E-state index is -1.03. The molecule has 98 valence electrons. The molecule has 0 bridgehead atoms. The van der Waals surface area contributed by atoms with E-state index in [-0.39, 0.29) is 5.56 Å². The topological polar surface area (TPSA) is 88.2 Å². The second kappa shape index (κ2) is 5.86. The highest BCUT2D eigenvalue weighted by molar-refractivity contribution is 5.89. The number of carboxylic acids is 1. The van der Waals surface area contributed by atoms with E-state index in [0.29, 0.717) is 18.1 Å². The van der Waals surface area contributed by atoms with Gasteiger partial charge in [0.15, 0.2) is 0 Å². The third-order valence-corrected chi connectivity index (χ3v) is 2.71. The number of nitrogen functional groups attached to an aromatic ring is 1. The van der Waals surface area contributed by atoms with E-state index in [1.54, 1.807) is 0 Å². The maximum absolute atomic E-state index is 10.7. The first-order chi connectivity index (χ1) is 9.16. The molecule has 1 aromatic carbocycles. The van der Waals surface area contributed by atoms with Crippen LogP contribution in [0.1, 0.15) is 15.9 Å². The van der Waals surface area contributed by atoms with Crippen LogP contribution in [0.25, 0.3) is 0 Å². The quantitative estimate of drug-likeness (QED) is 0.762. The van der Waals surface area contributed by atoms with Crippen molar-refractivity contribution in [3.8, 4) is 0 Å². The van der Waals surface area contributed by atoms with E-state index in [4.69, 9.17) is 10.8 Å². The number of pyridine rings is 1. The Morgan fingerprint density at radius 1 is 1.32 bits per heavy atom. The second-order valence-electron chi connectivity index (χ2n) is 4.13. The van der Waals surface area contributed by atoms with Crippen molar-refractivity contribution < 1.29 is 9.90 Å². The van der Waals surface area contributed by atoms with Crippen LogP contribution in [0, 0.1) is 0 Å². The molecule has 0 aliphatic rings. The van der Waals surface area contributed by atoms with E-state index in [1.165, 1.54) is 17.8 Å². The number of hydrogen-bond acceptors (Lipinski definition) is 4. The molecule has 0 atom stereocenters. The molecule has 0 aliphatic heterocycles. The van der Waals surface area contributed by atoms with E-state index in [1.807, 2.05) is 30.3 Å². The first-order valence-corrected chi connectivity index (χ1v) is 5.93. The molecule has 4 N–H and O–H groups in total. The molecule has 0 unspecified atom stereocenters. The van der Waals surface area contributed by atoms with Gasteiger partial charge >= 0.3 is 5.97 Å². The Kier molecular flexibility index (Phi) is 3.97. The van der Waals surface area contributed by atoms with Gasteiger partial charge < -0.3 is 16.2 Å². The van der Waals surface area contributed by atoms with Crippen LogP contribution in [0.4, 0.5) is 11.5 Å². The Bertz CT molecular complexity index is 570. The highest BCUT2D eigenvalue weighted by Gasteiger charge is 2.07. The molecule has 19 heavy (non-hydrogen) atoms. The van der Waals surface area contributed by atoms with Gasteiger partial charge in [0.25, 0.3) is 0 Å². The third kappa shape index (κ3) is 3.45. The predicted octanol–water partition coefficient (Wildman–Crippen LogP) is 2.02. The molecule has 2 rings (SSSR count). The zero-order valence-corrected chi connectivity index (χ0v) is 10.3. The normalized spacial score (nSPS) is 10.1. The smallest absolute Gasteiger partial charge is 0.337 e. The highest BCUT2D eigenvalue weighted by atomic mass is 16.4. The number of aromatic carboxylic acids is 1. The second-order valence-corrected chi connectivity index (χ2v) is 4.13. The molecule has 0 fully saturated rings. The summed E-state index contributed by atoms with van der Waals surface area (Å²) >= 11 is 0. The molecular formula is C14H15N3O2. The summed E-state index contributed by atoms with van der Waals surface area (Å²) < 4.78 is 0. The van der Waals surface area contributed by atoms with Crippen molar-refractivity contribution in [3.05, 3.63) is 53.7 Å². The lowest BCUT2D eigenvalue weighted by atomic mass is 10.1. The van der Waals surface area contributed by atoms with Gasteiger partial charge in [-0.1, -0.05) is 30.3 Å². The lowest BCUT2D eigenvalue weighted by Crippen LogP contribution is -2.09. The van der Waals surface area contributed by atoms with Crippen molar-refractivity contribution in [1.82, 2.24) is 4.98 Å². The van der Waals surface area contributed by atoms with Crippen LogP contribution in [0.3, 0.4) is 0 Å². The molecule has 5 nitrogen and oxygen atoms in total. The zero-order chi connectivity index (χ0) is 13.7. The van der Waals surface area contributed by atoms with Crippen LogP contribution in [-0.4, -0.2) is 22.6 Å². The molecule has 0 radical (unpaired) electrons. The number of nitrogens with two attached hydrogens (primary N) is 1. The average molecular weight is 257 g/mol. The first kappa shape index (κ1) is 12.9. The number of aromatic nitrogens is 1. The Morgan fingerprint density at radius 2 is 2.05 bits per heavy atom. The van der Waals surface area contributed by atoms with E-state index in [2.05, 4.69) is 10.3 Å². The van der Waals surface area contributed by atoms with Crippen LogP contribution in [0.2, 0.25) is 0 Å². The lowest BCUT2D eigenvalue weighted by Gasteiger charge is -2.08. The van der Waals surface area contributed by atoms with Gasteiger partial charge in [0, 0.05) is 12.7 Å². The number of rotatable bonds is 5. The summed E-state index contributed by atoms with van der Waals surface area (Å²) in [4.78, 5) is 14.8. The van der Waals surface area contributed by atoms with Gasteiger partial charge in [-0.25, -0.2) is 9.78 Å². The molecule has 0 saturated carbocycles. The SMILES string of the molecule is Nc1cc(C(=O)O)cnc1NCCc1ccccc1. The predicted molar refractivity (Wildman–Crippen MR) is 74.2 cm³/mol. The Labute approximate surface area is 111 Å². The molecule has 0 aliphatic carbocycles. The van der Waals surface area contributed by atoms with Crippen LogP contribution in [0.5, 0.6) is 0 Å². The molecule has 1 aromatic heterocycles. The van der Waals surface area contributed by atoms with Gasteiger partial charge in [0.1, 0.15) is 5.82 Å². The monoisotopic (exact) mass is 257 g/mol. The number of carbonyl (C=O) groups is 1. The van der Waals surface area contributed by atoms with Crippen LogP contribution < -0.4 is 11.1 Å². The number of nitrogens with zero attached hydrogens (tertiary/aromatic N) is 1. The van der Waals surface area contributed by atoms with Crippen molar-refractivity contribution >= 4 is 17.5 Å². The van der Waals surface area contributed by atoms with Gasteiger partial charge in [-0.05, 0) is 18.1 Å². The minimum Gasteiger partial charge on any atom is -0.478 e. The number of nitrogens with one attached hydrogen (secondary N) is 1. The van der Waals surface area contributed by atoms with E-state index in [9.17, 15) is 4.79 Å². The fraction of sp³-hybridized carbons (Fsp3) is 0.143. The van der Waals surface area contributed by atoms with Gasteiger partial charge in [0.2, 0.25) is 0 Å². The molecule has 1 heterocycles. The molecular weight excluding hydrogens is 242 g/mol. The van der Waals surface area contributed by atoms with Gasteiger partial charge in [-0.3, -0.25) is 0 Å². The number of carboxylic acid groups (broad SMARTS) is 1. The fourth-order valence-corrected chi connectivity index (χ4v) is 1.72. The Hall–Kier alpha value is -2.56. The maximum atomic E-state index is 10.7. The van der Waals surface area contributed by atoms with Crippen molar-refractivity contribution in [1.29, 1.82) is 0 Å². The van der Waals surface area contributed by atoms with Gasteiger partial charge in [0.05, 0.1) is 11.3 Å². The van der Waals surface area contributed by atoms with Crippen molar-refractivity contribution in [3.63, 3.8) is 0 Å². The summed E-state index contributed by atoms with van der Waals surface area (Å²) in [5, 5.41) is 11.9. The number of benzene rings is 1. The van der Waals surface area contributed by atoms with Crippen molar-refractivity contribution in [2.75, 3.05) is 17.6 Å². The van der Waals surface area contributed by atoms with Gasteiger partial charge in [-0.15, -0.1) is 0 Å². The van der Waals surface area contributed by atoms with Gasteiger partial charge in [-0.2, -0.15) is 0 Å². The van der Waals surface area contributed by atoms with Crippen LogP contribution >= 0.6 is 0 Å². The Balaban J connectivity index is 1.95. The van der Waals surface area contributed by atoms with Crippen molar-refractivity contribution in [2.24, 2.45) is 0 Å². The van der Waals surface area contributed by atoms with Crippen LogP contribution in [0.15, 0.2) is 42.6 Å².